The van der Waals surface area contributed by atoms with Crippen LogP contribution in [0, 0.1) is 13.8 Å². The number of amides is 1. The standard InChI is InChI=1S/C20H31N5O2/c1-15-9-18(16(2)22-15)12-25(14-19-13-23(3)7-8-27-19)20(26)6-5-17-10-21-24(4)11-17/h9-11,19,22H,5-8,12-14H2,1-4H3/t19-/m1/s1. The van der Waals surface area contributed by atoms with Crippen LogP contribution in [0.3, 0.4) is 0 Å². The molecule has 2 aromatic rings. The molecule has 7 nitrogen and oxygen atoms in total. The summed E-state index contributed by atoms with van der Waals surface area (Å²) < 4.78 is 7.68. The number of nitrogens with zero attached hydrogens (tertiary/aromatic N) is 4. The number of hydrogen-bond acceptors (Lipinski definition) is 4. The summed E-state index contributed by atoms with van der Waals surface area (Å²) in [6.07, 6.45) is 5.05. The maximum absolute atomic E-state index is 13.0. The number of rotatable bonds is 7. The normalized spacial score (nSPS) is 18.0. The van der Waals surface area contributed by atoms with Crippen molar-refractivity contribution in [1.82, 2.24) is 24.6 Å². The fourth-order valence-electron chi connectivity index (χ4n) is 3.64. The van der Waals surface area contributed by atoms with Gasteiger partial charge < -0.3 is 19.5 Å². The lowest BCUT2D eigenvalue weighted by Crippen LogP contribution is -2.47. The monoisotopic (exact) mass is 373 g/mol. The van der Waals surface area contributed by atoms with Crippen molar-refractivity contribution in [2.24, 2.45) is 7.05 Å². The summed E-state index contributed by atoms with van der Waals surface area (Å²) in [4.78, 5) is 20.6. The highest BCUT2D eigenvalue weighted by Crippen LogP contribution is 2.16. The zero-order valence-corrected chi connectivity index (χ0v) is 16.9. The summed E-state index contributed by atoms with van der Waals surface area (Å²) in [5, 5.41) is 4.19. The lowest BCUT2D eigenvalue weighted by Gasteiger charge is -2.34. The van der Waals surface area contributed by atoms with E-state index >= 15 is 0 Å². The number of morpholine rings is 1. The Bertz CT molecular complexity index is 766. The van der Waals surface area contributed by atoms with Gasteiger partial charge in [0, 0.05) is 57.2 Å². The predicted octanol–water partition coefficient (Wildman–Crippen LogP) is 1.66. The molecular formula is C20H31N5O2. The van der Waals surface area contributed by atoms with Crippen LogP contribution in [0.2, 0.25) is 0 Å². The third-order valence-electron chi connectivity index (χ3n) is 5.12. The lowest BCUT2D eigenvalue weighted by atomic mass is 10.1. The van der Waals surface area contributed by atoms with Gasteiger partial charge in [0.1, 0.15) is 0 Å². The minimum absolute atomic E-state index is 0.0615. The van der Waals surface area contributed by atoms with Crippen molar-refractivity contribution >= 4 is 5.91 Å². The van der Waals surface area contributed by atoms with Crippen LogP contribution < -0.4 is 0 Å². The van der Waals surface area contributed by atoms with Gasteiger partial charge in [-0.25, -0.2) is 0 Å². The van der Waals surface area contributed by atoms with Crippen LogP contribution in [0.25, 0.3) is 0 Å². The molecule has 27 heavy (non-hydrogen) atoms. The summed E-state index contributed by atoms with van der Waals surface area (Å²) in [5.74, 6) is 0.161. The number of H-pyrrole nitrogens is 1. The molecule has 0 spiro atoms. The molecule has 148 valence electrons. The van der Waals surface area contributed by atoms with E-state index in [9.17, 15) is 4.79 Å². The van der Waals surface area contributed by atoms with Crippen molar-refractivity contribution in [2.75, 3.05) is 33.3 Å². The van der Waals surface area contributed by atoms with E-state index < -0.39 is 0 Å². The number of hydrogen-bond donors (Lipinski definition) is 1. The number of nitrogens with one attached hydrogen (secondary N) is 1. The van der Waals surface area contributed by atoms with Crippen LogP contribution in [0.1, 0.15) is 28.9 Å². The molecule has 1 saturated heterocycles. The highest BCUT2D eigenvalue weighted by molar-refractivity contribution is 5.76. The van der Waals surface area contributed by atoms with Crippen molar-refractivity contribution < 1.29 is 9.53 Å². The van der Waals surface area contributed by atoms with Gasteiger partial charge in [-0.2, -0.15) is 5.10 Å². The fourth-order valence-corrected chi connectivity index (χ4v) is 3.64. The Kier molecular flexibility index (Phi) is 6.34. The Morgan fingerprint density at radius 2 is 2.22 bits per heavy atom. The van der Waals surface area contributed by atoms with Gasteiger partial charge in [0.2, 0.25) is 5.91 Å². The van der Waals surface area contributed by atoms with Crippen LogP contribution in [-0.2, 0) is 29.5 Å². The molecular weight excluding hydrogens is 342 g/mol. The van der Waals surface area contributed by atoms with Gasteiger partial charge in [0.05, 0.1) is 18.9 Å². The van der Waals surface area contributed by atoms with Crippen LogP contribution in [0.4, 0.5) is 0 Å². The van der Waals surface area contributed by atoms with E-state index in [1.165, 1.54) is 5.56 Å². The predicted molar refractivity (Wildman–Crippen MR) is 104 cm³/mol. The zero-order valence-electron chi connectivity index (χ0n) is 16.9. The number of carbonyl (C=O) groups excluding carboxylic acids is 1. The molecule has 1 aliphatic rings. The first-order valence-corrected chi connectivity index (χ1v) is 9.61. The van der Waals surface area contributed by atoms with Crippen molar-refractivity contribution in [2.45, 2.75) is 39.3 Å². The maximum Gasteiger partial charge on any atom is 0.223 e. The van der Waals surface area contributed by atoms with Crippen LogP contribution in [0.15, 0.2) is 18.5 Å². The van der Waals surface area contributed by atoms with Crippen molar-refractivity contribution in [1.29, 1.82) is 0 Å². The van der Waals surface area contributed by atoms with Crippen molar-refractivity contribution in [3.05, 3.63) is 41.0 Å². The van der Waals surface area contributed by atoms with Gasteiger partial charge in [-0.1, -0.05) is 0 Å². The molecule has 0 saturated carbocycles. The topological polar surface area (TPSA) is 66.4 Å². The van der Waals surface area contributed by atoms with Gasteiger partial charge in [-0.3, -0.25) is 9.48 Å². The van der Waals surface area contributed by atoms with E-state index in [4.69, 9.17) is 4.74 Å². The molecule has 0 unspecified atom stereocenters. The van der Waals surface area contributed by atoms with Crippen LogP contribution >= 0.6 is 0 Å². The average molecular weight is 374 g/mol. The SMILES string of the molecule is Cc1cc(CN(C[C@H]2CN(C)CCO2)C(=O)CCc2cnn(C)c2)c(C)[nH]1. The number of ether oxygens (including phenoxy) is 1. The van der Waals surface area contributed by atoms with Gasteiger partial charge >= 0.3 is 0 Å². The molecule has 7 heteroatoms. The lowest BCUT2D eigenvalue weighted by molar-refractivity contribution is -0.135. The van der Waals surface area contributed by atoms with Gasteiger partial charge in [-0.05, 0) is 44.5 Å². The Hall–Kier alpha value is -2.12. The third kappa shape index (κ3) is 5.43. The van der Waals surface area contributed by atoms with Gasteiger partial charge in [0.15, 0.2) is 0 Å². The Morgan fingerprint density at radius 3 is 2.85 bits per heavy atom. The summed E-state index contributed by atoms with van der Waals surface area (Å²) in [7, 11) is 4.00. The zero-order chi connectivity index (χ0) is 19.4. The fraction of sp³-hybridized carbons (Fsp3) is 0.600. The minimum Gasteiger partial charge on any atom is -0.374 e. The molecule has 0 aliphatic carbocycles. The first-order valence-electron chi connectivity index (χ1n) is 9.61. The third-order valence-corrected chi connectivity index (χ3v) is 5.12. The Balaban J connectivity index is 1.67. The van der Waals surface area contributed by atoms with Crippen molar-refractivity contribution in [3.8, 4) is 0 Å². The molecule has 1 fully saturated rings. The van der Waals surface area contributed by atoms with Crippen molar-refractivity contribution in [3.63, 3.8) is 0 Å². The van der Waals surface area contributed by atoms with E-state index in [-0.39, 0.29) is 12.0 Å². The van der Waals surface area contributed by atoms with Gasteiger partial charge in [-0.15, -0.1) is 0 Å². The van der Waals surface area contributed by atoms with E-state index in [0.717, 1.165) is 36.6 Å². The second kappa shape index (κ2) is 8.71. The first-order chi connectivity index (χ1) is 12.9. The van der Waals surface area contributed by atoms with E-state index in [2.05, 4.69) is 35.0 Å². The number of carbonyl (C=O) groups is 1. The average Bonchev–Trinajstić information content (AvgIpc) is 3.17. The molecule has 1 aliphatic heterocycles. The largest absolute Gasteiger partial charge is 0.374 e. The summed E-state index contributed by atoms with van der Waals surface area (Å²) in [5.41, 5.74) is 4.51. The quantitative estimate of drug-likeness (QED) is 0.802. The summed E-state index contributed by atoms with van der Waals surface area (Å²) >= 11 is 0. The molecule has 0 bridgehead atoms. The van der Waals surface area contributed by atoms with E-state index in [1.54, 1.807) is 4.68 Å². The molecule has 1 atom stereocenters. The summed E-state index contributed by atoms with van der Waals surface area (Å²) in [6, 6.07) is 2.13. The number of aromatic nitrogens is 3. The van der Waals surface area contributed by atoms with Gasteiger partial charge in [0.25, 0.3) is 0 Å². The second-order valence-corrected chi connectivity index (χ2v) is 7.65. The van der Waals surface area contributed by atoms with Crippen LogP contribution in [0.5, 0.6) is 0 Å². The molecule has 3 rings (SSSR count). The minimum atomic E-state index is 0.0615. The number of aryl methyl sites for hydroxylation is 4. The summed E-state index contributed by atoms with van der Waals surface area (Å²) in [6.45, 7) is 7.88. The first kappa shape index (κ1) is 19.6. The van der Waals surface area contributed by atoms with E-state index in [1.807, 2.05) is 31.3 Å². The second-order valence-electron chi connectivity index (χ2n) is 7.65. The molecule has 1 amide bonds. The number of aromatic amines is 1. The number of likely N-dealkylation sites (N-methyl/N-ethyl adjacent to an activating group) is 1. The highest BCUT2D eigenvalue weighted by Gasteiger charge is 2.24. The molecule has 0 radical (unpaired) electrons. The molecule has 0 aromatic carbocycles. The molecule has 3 heterocycles. The molecule has 2 aromatic heterocycles. The Morgan fingerprint density at radius 1 is 1.41 bits per heavy atom. The van der Waals surface area contributed by atoms with E-state index in [0.29, 0.717) is 25.9 Å². The highest BCUT2D eigenvalue weighted by atomic mass is 16.5. The Labute approximate surface area is 161 Å². The molecule has 1 N–H and O–H groups in total. The maximum atomic E-state index is 13.0. The smallest absolute Gasteiger partial charge is 0.223 e. The van der Waals surface area contributed by atoms with Crippen LogP contribution in [-0.4, -0.2) is 69.9 Å².